The van der Waals surface area contributed by atoms with Crippen molar-refractivity contribution < 1.29 is 0 Å². The quantitative estimate of drug-likeness (QED) is 0.911. The monoisotopic (exact) mass is 284 g/mol. The lowest BCUT2D eigenvalue weighted by molar-refractivity contribution is 0.0284. The van der Waals surface area contributed by atoms with Gasteiger partial charge in [-0.1, -0.05) is 19.9 Å². The molecule has 21 heavy (non-hydrogen) atoms. The predicted molar refractivity (Wildman–Crippen MR) is 88.9 cm³/mol. The summed E-state index contributed by atoms with van der Waals surface area (Å²) in [6.07, 6.45) is 5.51. The molecule has 0 spiro atoms. The summed E-state index contributed by atoms with van der Waals surface area (Å²) in [6.45, 7) is 7.66. The fourth-order valence-electron chi connectivity index (χ4n) is 4.72. The van der Waals surface area contributed by atoms with Crippen molar-refractivity contribution >= 4 is 5.69 Å². The fraction of sp³-hybridized carbons (Fsp3) is 0.684. The minimum atomic E-state index is 0.366. The van der Waals surface area contributed by atoms with E-state index < -0.39 is 0 Å². The van der Waals surface area contributed by atoms with Crippen LogP contribution in [0.3, 0.4) is 0 Å². The molecule has 1 aromatic rings. The number of rotatable bonds is 3. The molecule has 2 nitrogen and oxygen atoms in total. The maximum absolute atomic E-state index is 3.32. The van der Waals surface area contributed by atoms with Crippen LogP contribution in [0.15, 0.2) is 18.2 Å². The van der Waals surface area contributed by atoms with Gasteiger partial charge in [-0.3, -0.25) is 4.90 Å². The average molecular weight is 284 g/mol. The van der Waals surface area contributed by atoms with Gasteiger partial charge in [0.25, 0.3) is 0 Å². The van der Waals surface area contributed by atoms with E-state index in [9.17, 15) is 0 Å². The van der Waals surface area contributed by atoms with Gasteiger partial charge >= 0.3 is 0 Å². The summed E-state index contributed by atoms with van der Waals surface area (Å²) in [4.78, 5) is 2.82. The molecule has 0 radical (unpaired) electrons. The van der Waals surface area contributed by atoms with Crippen LogP contribution >= 0.6 is 0 Å². The van der Waals surface area contributed by atoms with Crippen molar-refractivity contribution in [2.75, 3.05) is 25.5 Å². The molecule has 0 aromatic heterocycles. The van der Waals surface area contributed by atoms with Crippen LogP contribution in [0, 0.1) is 11.8 Å². The summed E-state index contributed by atoms with van der Waals surface area (Å²) in [7, 11) is 2.03. The standard InChI is InChI=1S/C19H28N2/c1-13-18-10-15-6-7-16(20-3)11-17(15)19(13,2)8-9-21(18)12-14-4-5-14/h6-7,11,13-14,18,20H,4-5,8-10,12H2,1-3H3/t13-,18-,19-/m1/s1. The normalized spacial score (nSPS) is 35.4. The lowest BCUT2D eigenvalue weighted by atomic mass is 9.59. The van der Waals surface area contributed by atoms with E-state index in [-0.39, 0.29) is 0 Å². The van der Waals surface area contributed by atoms with Crippen LogP contribution in [0.4, 0.5) is 5.69 Å². The number of nitrogens with one attached hydrogen (secondary N) is 1. The SMILES string of the molecule is CNc1ccc2c(c1)[C@]1(C)CCN(CC3CC3)[C@H](C2)[C@H]1C. The first-order valence-electron chi connectivity index (χ1n) is 8.67. The van der Waals surface area contributed by atoms with Gasteiger partial charge in [0.05, 0.1) is 0 Å². The third kappa shape index (κ3) is 2.11. The molecule has 3 atom stereocenters. The molecule has 114 valence electrons. The van der Waals surface area contributed by atoms with E-state index in [1.165, 1.54) is 44.5 Å². The van der Waals surface area contributed by atoms with E-state index in [0.717, 1.165) is 17.9 Å². The van der Waals surface area contributed by atoms with Gasteiger partial charge in [0, 0.05) is 25.3 Å². The molecule has 2 fully saturated rings. The molecule has 1 aromatic carbocycles. The Labute approximate surface area is 128 Å². The van der Waals surface area contributed by atoms with Gasteiger partial charge < -0.3 is 5.32 Å². The van der Waals surface area contributed by atoms with Crippen molar-refractivity contribution in [2.45, 2.75) is 51.0 Å². The summed E-state index contributed by atoms with van der Waals surface area (Å²) in [5, 5.41) is 3.32. The second-order valence-corrected chi connectivity index (χ2v) is 7.79. The number of fused-ring (bicyclic) bond motifs is 4. The van der Waals surface area contributed by atoms with E-state index in [2.05, 4.69) is 42.3 Å². The topological polar surface area (TPSA) is 15.3 Å². The number of piperidine rings is 1. The van der Waals surface area contributed by atoms with Crippen molar-refractivity contribution in [3.8, 4) is 0 Å². The van der Waals surface area contributed by atoms with Gasteiger partial charge in [-0.25, -0.2) is 0 Å². The van der Waals surface area contributed by atoms with Crippen LogP contribution in [0.25, 0.3) is 0 Å². The van der Waals surface area contributed by atoms with E-state index in [1.807, 2.05) is 7.05 Å². The molecule has 0 unspecified atom stereocenters. The van der Waals surface area contributed by atoms with E-state index in [0.29, 0.717) is 5.41 Å². The molecule has 2 aliphatic carbocycles. The van der Waals surface area contributed by atoms with Crippen molar-refractivity contribution in [1.82, 2.24) is 4.90 Å². The Bertz CT molecular complexity index is 548. The highest BCUT2D eigenvalue weighted by molar-refractivity contribution is 5.52. The molecule has 1 heterocycles. The second-order valence-electron chi connectivity index (χ2n) is 7.79. The van der Waals surface area contributed by atoms with Crippen LogP contribution in [-0.4, -0.2) is 31.1 Å². The zero-order chi connectivity index (χ0) is 14.6. The van der Waals surface area contributed by atoms with Crippen molar-refractivity contribution in [3.05, 3.63) is 29.3 Å². The molecule has 2 bridgehead atoms. The van der Waals surface area contributed by atoms with Gasteiger partial charge in [-0.05, 0) is 72.7 Å². The first kappa shape index (κ1) is 13.6. The zero-order valence-electron chi connectivity index (χ0n) is 13.7. The second kappa shape index (κ2) is 4.74. The summed E-state index contributed by atoms with van der Waals surface area (Å²) in [5.41, 5.74) is 4.84. The Kier molecular flexibility index (Phi) is 3.08. The summed E-state index contributed by atoms with van der Waals surface area (Å²) >= 11 is 0. The number of likely N-dealkylation sites (tertiary alicyclic amines) is 1. The predicted octanol–water partition coefficient (Wildman–Crippen LogP) is 3.66. The van der Waals surface area contributed by atoms with Gasteiger partial charge in [0.1, 0.15) is 0 Å². The highest BCUT2D eigenvalue weighted by Gasteiger charge is 2.48. The molecule has 4 rings (SSSR count). The first-order valence-corrected chi connectivity index (χ1v) is 8.67. The number of nitrogens with zero attached hydrogens (tertiary/aromatic N) is 1. The third-order valence-corrected chi connectivity index (χ3v) is 6.60. The van der Waals surface area contributed by atoms with E-state index in [4.69, 9.17) is 0 Å². The summed E-state index contributed by atoms with van der Waals surface area (Å²) in [5.74, 6) is 1.78. The number of hydrogen-bond donors (Lipinski definition) is 1. The molecular weight excluding hydrogens is 256 g/mol. The van der Waals surface area contributed by atoms with Gasteiger partial charge in [-0.15, -0.1) is 0 Å². The van der Waals surface area contributed by atoms with Crippen LogP contribution in [0.1, 0.15) is 44.2 Å². The minimum Gasteiger partial charge on any atom is -0.388 e. The maximum atomic E-state index is 3.32. The van der Waals surface area contributed by atoms with E-state index >= 15 is 0 Å². The molecule has 1 saturated heterocycles. The Morgan fingerprint density at radius 3 is 2.86 bits per heavy atom. The lowest BCUT2D eigenvalue weighted by Crippen LogP contribution is -2.58. The average Bonchev–Trinajstić information content (AvgIpc) is 3.30. The third-order valence-electron chi connectivity index (χ3n) is 6.60. The molecular formula is C19H28N2. The molecule has 0 amide bonds. The highest BCUT2D eigenvalue weighted by Crippen LogP contribution is 2.49. The van der Waals surface area contributed by atoms with Crippen molar-refractivity contribution in [3.63, 3.8) is 0 Å². The van der Waals surface area contributed by atoms with Crippen LogP contribution < -0.4 is 5.32 Å². The first-order chi connectivity index (χ1) is 10.1. The van der Waals surface area contributed by atoms with Crippen molar-refractivity contribution in [1.29, 1.82) is 0 Å². The summed E-state index contributed by atoms with van der Waals surface area (Å²) in [6, 6.07) is 7.80. The number of hydrogen-bond acceptors (Lipinski definition) is 2. The Hall–Kier alpha value is -1.02. The molecule has 1 aliphatic heterocycles. The van der Waals surface area contributed by atoms with Crippen LogP contribution in [0.2, 0.25) is 0 Å². The molecule has 1 saturated carbocycles. The number of anilines is 1. The Morgan fingerprint density at radius 1 is 1.33 bits per heavy atom. The summed E-state index contributed by atoms with van der Waals surface area (Å²) < 4.78 is 0. The smallest absolute Gasteiger partial charge is 0.0340 e. The largest absolute Gasteiger partial charge is 0.388 e. The van der Waals surface area contributed by atoms with Crippen LogP contribution in [0.5, 0.6) is 0 Å². The Balaban J connectivity index is 1.70. The minimum absolute atomic E-state index is 0.366. The maximum Gasteiger partial charge on any atom is 0.0340 e. The zero-order valence-corrected chi connectivity index (χ0v) is 13.7. The highest BCUT2D eigenvalue weighted by atomic mass is 15.2. The van der Waals surface area contributed by atoms with Gasteiger partial charge in [-0.2, -0.15) is 0 Å². The fourth-order valence-corrected chi connectivity index (χ4v) is 4.72. The van der Waals surface area contributed by atoms with Gasteiger partial charge in [0.2, 0.25) is 0 Å². The van der Waals surface area contributed by atoms with Crippen LogP contribution in [-0.2, 0) is 11.8 Å². The Morgan fingerprint density at radius 2 is 2.14 bits per heavy atom. The lowest BCUT2D eigenvalue weighted by Gasteiger charge is -2.55. The molecule has 3 aliphatic rings. The van der Waals surface area contributed by atoms with Gasteiger partial charge in [0.15, 0.2) is 0 Å². The van der Waals surface area contributed by atoms with E-state index in [1.54, 1.807) is 11.1 Å². The van der Waals surface area contributed by atoms with Crippen molar-refractivity contribution in [2.24, 2.45) is 11.8 Å². The molecule has 2 heteroatoms. The molecule has 1 N–H and O–H groups in total. The number of benzene rings is 1.